The lowest BCUT2D eigenvalue weighted by atomic mass is 10.0. The highest BCUT2D eigenvalue weighted by atomic mass is 19.1. The van der Waals surface area contributed by atoms with Gasteiger partial charge in [-0.05, 0) is 61.1 Å². The second kappa shape index (κ2) is 7.95. The Bertz CT molecular complexity index is 948. The van der Waals surface area contributed by atoms with Gasteiger partial charge in [0.25, 0.3) is 0 Å². The molecule has 1 heterocycles. The summed E-state index contributed by atoms with van der Waals surface area (Å²) in [7, 11) is 0. The van der Waals surface area contributed by atoms with Crippen LogP contribution in [0.3, 0.4) is 0 Å². The minimum absolute atomic E-state index is 0.127. The molecule has 3 rings (SSSR count). The summed E-state index contributed by atoms with van der Waals surface area (Å²) in [5, 5.41) is 9.83. The third-order valence-corrected chi connectivity index (χ3v) is 4.18. The first-order valence-corrected chi connectivity index (χ1v) is 8.51. The SMILES string of the molecule is Cc1cc(CCc2cnc(C(=O)Oc3ccccc3F)nc2)cc(C)c1O. The monoisotopic (exact) mass is 366 g/mol. The Morgan fingerprint density at radius 2 is 1.63 bits per heavy atom. The molecule has 0 aliphatic rings. The number of hydrogen-bond acceptors (Lipinski definition) is 5. The van der Waals surface area contributed by atoms with E-state index in [1.165, 1.54) is 18.2 Å². The van der Waals surface area contributed by atoms with E-state index >= 15 is 0 Å². The number of phenolic OH excluding ortho intramolecular Hbond substituents is 1. The van der Waals surface area contributed by atoms with Crippen LogP contribution in [0.5, 0.6) is 11.5 Å². The lowest BCUT2D eigenvalue weighted by molar-refractivity contribution is 0.0715. The van der Waals surface area contributed by atoms with E-state index in [0.29, 0.717) is 12.2 Å². The molecule has 138 valence electrons. The molecule has 1 N–H and O–H groups in total. The molecule has 0 radical (unpaired) electrons. The van der Waals surface area contributed by atoms with Crippen LogP contribution in [0.1, 0.15) is 32.9 Å². The van der Waals surface area contributed by atoms with Crippen LogP contribution in [0, 0.1) is 19.7 Å². The van der Waals surface area contributed by atoms with Crippen LogP contribution in [-0.2, 0) is 12.8 Å². The fourth-order valence-electron chi connectivity index (χ4n) is 2.74. The van der Waals surface area contributed by atoms with Crippen LogP contribution < -0.4 is 4.74 Å². The van der Waals surface area contributed by atoms with Gasteiger partial charge in [0.1, 0.15) is 5.75 Å². The van der Waals surface area contributed by atoms with Gasteiger partial charge in [-0.25, -0.2) is 19.2 Å². The van der Waals surface area contributed by atoms with Crippen molar-refractivity contribution in [2.75, 3.05) is 0 Å². The van der Waals surface area contributed by atoms with Crippen LogP contribution in [0.2, 0.25) is 0 Å². The summed E-state index contributed by atoms with van der Waals surface area (Å²) < 4.78 is 18.5. The maximum Gasteiger partial charge on any atom is 0.381 e. The number of carbonyl (C=O) groups excluding carboxylic acids is 1. The van der Waals surface area contributed by atoms with Crippen molar-refractivity contribution in [3.63, 3.8) is 0 Å². The van der Waals surface area contributed by atoms with E-state index in [1.807, 2.05) is 26.0 Å². The maximum absolute atomic E-state index is 13.5. The number of nitrogens with zero attached hydrogens (tertiary/aromatic N) is 2. The molecule has 0 unspecified atom stereocenters. The number of carbonyl (C=O) groups is 1. The third kappa shape index (κ3) is 4.47. The minimum atomic E-state index is -0.809. The molecule has 0 aliphatic heterocycles. The van der Waals surface area contributed by atoms with Gasteiger partial charge in [-0.1, -0.05) is 24.3 Å². The topological polar surface area (TPSA) is 72.3 Å². The van der Waals surface area contributed by atoms with Gasteiger partial charge < -0.3 is 9.84 Å². The Balaban J connectivity index is 1.63. The molecule has 0 bridgehead atoms. The molecule has 3 aromatic rings. The number of rotatable bonds is 5. The molecule has 27 heavy (non-hydrogen) atoms. The molecule has 0 amide bonds. The highest BCUT2D eigenvalue weighted by Crippen LogP contribution is 2.23. The number of aromatic nitrogens is 2. The second-order valence-corrected chi connectivity index (χ2v) is 6.31. The largest absolute Gasteiger partial charge is 0.507 e. The van der Waals surface area contributed by atoms with Gasteiger partial charge >= 0.3 is 5.97 Å². The average Bonchev–Trinajstić information content (AvgIpc) is 2.66. The maximum atomic E-state index is 13.5. The second-order valence-electron chi connectivity index (χ2n) is 6.31. The van der Waals surface area contributed by atoms with Crippen molar-refractivity contribution in [2.45, 2.75) is 26.7 Å². The molecule has 5 nitrogen and oxygen atoms in total. The number of ether oxygens (including phenoxy) is 1. The normalized spacial score (nSPS) is 10.6. The van der Waals surface area contributed by atoms with E-state index in [2.05, 4.69) is 9.97 Å². The van der Waals surface area contributed by atoms with Crippen molar-refractivity contribution in [1.82, 2.24) is 9.97 Å². The molecule has 0 aliphatic carbocycles. The first kappa shape index (κ1) is 18.5. The first-order valence-electron chi connectivity index (χ1n) is 8.51. The number of esters is 1. The summed E-state index contributed by atoms with van der Waals surface area (Å²) in [5.74, 6) is -1.40. The summed E-state index contributed by atoms with van der Waals surface area (Å²) in [5.41, 5.74) is 3.65. The summed E-state index contributed by atoms with van der Waals surface area (Å²) in [4.78, 5) is 20.1. The molecular weight excluding hydrogens is 347 g/mol. The molecule has 2 aromatic carbocycles. The number of aromatic hydroxyl groups is 1. The Hall–Kier alpha value is -3.28. The smallest absolute Gasteiger partial charge is 0.381 e. The van der Waals surface area contributed by atoms with Crippen LogP contribution in [-0.4, -0.2) is 21.0 Å². The molecule has 0 saturated heterocycles. The average molecular weight is 366 g/mol. The Labute approximate surface area is 156 Å². The van der Waals surface area contributed by atoms with Crippen molar-refractivity contribution in [3.8, 4) is 11.5 Å². The van der Waals surface area contributed by atoms with Crippen LogP contribution in [0.4, 0.5) is 4.39 Å². The molecule has 1 aromatic heterocycles. The van der Waals surface area contributed by atoms with Crippen molar-refractivity contribution in [2.24, 2.45) is 0 Å². The van der Waals surface area contributed by atoms with E-state index in [4.69, 9.17) is 4.74 Å². The molecule has 0 spiro atoms. The summed E-state index contributed by atoms with van der Waals surface area (Å²) >= 11 is 0. The predicted octanol–water partition coefficient (Wildman–Crippen LogP) is 3.94. The Morgan fingerprint density at radius 1 is 1.04 bits per heavy atom. The zero-order valence-corrected chi connectivity index (χ0v) is 15.1. The van der Waals surface area contributed by atoms with Crippen molar-refractivity contribution < 1.29 is 19.0 Å². The van der Waals surface area contributed by atoms with Gasteiger partial charge in [-0.3, -0.25) is 0 Å². The first-order chi connectivity index (χ1) is 12.9. The van der Waals surface area contributed by atoms with Gasteiger partial charge in [-0.15, -0.1) is 0 Å². The van der Waals surface area contributed by atoms with Crippen molar-refractivity contribution >= 4 is 5.97 Å². The van der Waals surface area contributed by atoms with Crippen LogP contribution in [0.25, 0.3) is 0 Å². The highest BCUT2D eigenvalue weighted by Gasteiger charge is 2.14. The van der Waals surface area contributed by atoms with E-state index < -0.39 is 11.8 Å². The lowest BCUT2D eigenvalue weighted by Crippen LogP contribution is -2.13. The van der Waals surface area contributed by atoms with Gasteiger partial charge in [0, 0.05) is 12.4 Å². The van der Waals surface area contributed by atoms with E-state index in [0.717, 1.165) is 28.7 Å². The fraction of sp³-hybridized carbons (Fsp3) is 0.190. The number of hydrogen-bond donors (Lipinski definition) is 1. The number of para-hydroxylation sites is 1. The third-order valence-electron chi connectivity index (χ3n) is 4.18. The van der Waals surface area contributed by atoms with Crippen LogP contribution in [0.15, 0.2) is 48.8 Å². The van der Waals surface area contributed by atoms with Crippen molar-refractivity contribution in [3.05, 3.63) is 82.7 Å². The predicted molar refractivity (Wildman–Crippen MR) is 98.4 cm³/mol. The number of aryl methyl sites for hydroxylation is 4. The molecule has 6 heteroatoms. The zero-order valence-electron chi connectivity index (χ0n) is 15.1. The Kier molecular flexibility index (Phi) is 5.45. The van der Waals surface area contributed by atoms with Gasteiger partial charge in [-0.2, -0.15) is 0 Å². The van der Waals surface area contributed by atoms with Gasteiger partial charge in [0.2, 0.25) is 5.82 Å². The van der Waals surface area contributed by atoms with Gasteiger partial charge in [0.05, 0.1) is 0 Å². The quantitative estimate of drug-likeness (QED) is 0.547. The van der Waals surface area contributed by atoms with Crippen LogP contribution >= 0.6 is 0 Å². The standard InChI is InChI=1S/C21H19FN2O3/c1-13-9-15(10-14(2)19(13)25)7-8-16-11-23-20(24-12-16)21(26)27-18-6-4-3-5-17(18)22/h3-6,9-12,25H,7-8H2,1-2H3. The summed E-state index contributed by atoms with van der Waals surface area (Å²) in [6.45, 7) is 3.73. The number of phenols is 1. The molecular formula is C21H19FN2O3. The van der Waals surface area contributed by atoms with Gasteiger partial charge in [0.15, 0.2) is 11.6 Å². The number of halogens is 1. The molecule has 0 fully saturated rings. The minimum Gasteiger partial charge on any atom is -0.507 e. The Morgan fingerprint density at radius 3 is 2.26 bits per heavy atom. The highest BCUT2D eigenvalue weighted by molar-refractivity contribution is 5.86. The van der Waals surface area contributed by atoms with E-state index in [1.54, 1.807) is 18.5 Å². The lowest BCUT2D eigenvalue weighted by Gasteiger charge is -2.08. The zero-order chi connectivity index (χ0) is 19.4. The number of benzene rings is 2. The molecule has 0 atom stereocenters. The van der Waals surface area contributed by atoms with E-state index in [9.17, 15) is 14.3 Å². The van der Waals surface area contributed by atoms with Crippen molar-refractivity contribution in [1.29, 1.82) is 0 Å². The fourth-order valence-corrected chi connectivity index (χ4v) is 2.74. The molecule has 0 saturated carbocycles. The summed E-state index contributed by atoms with van der Waals surface area (Å²) in [6, 6.07) is 9.55. The summed E-state index contributed by atoms with van der Waals surface area (Å²) in [6.07, 6.45) is 4.56. The van der Waals surface area contributed by atoms with E-state index in [-0.39, 0.29) is 11.6 Å².